The molecule has 0 atom stereocenters. The van der Waals surface area contributed by atoms with Crippen LogP contribution in [-0.4, -0.2) is 34.2 Å². The summed E-state index contributed by atoms with van der Waals surface area (Å²) in [4.78, 5) is 14.9. The summed E-state index contributed by atoms with van der Waals surface area (Å²) in [5.74, 6) is 0.471. The number of aromatic nitrogens is 2. The van der Waals surface area contributed by atoms with Crippen LogP contribution in [0, 0.1) is 0 Å². The molecular formula is C12H16N4OS. The molecule has 96 valence electrons. The Morgan fingerprint density at radius 2 is 2.39 bits per heavy atom. The average Bonchev–Trinajstić information content (AvgIpc) is 2.97. The highest BCUT2D eigenvalue weighted by Gasteiger charge is 2.10. The van der Waals surface area contributed by atoms with E-state index in [0.717, 1.165) is 13.0 Å². The van der Waals surface area contributed by atoms with Crippen molar-refractivity contribution >= 4 is 23.1 Å². The van der Waals surface area contributed by atoms with Crippen LogP contribution in [0.3, 0.4) is 0 Å². The predicted octanol–water partition coefficient (Wildman–Crippen LogP) is 1.23. The van der Waals surface area contributed by atoms with Crippen LogP contribution in [0.5, 0.6) is 0 Å². The molecule has 2 aromatic rings. The van der Waals surface area contributed by atoms with Gasteiger partial charge in [0.2, 0.25) is 5.91 Å². The number of nitrogens with zero attached hydrogens (tertiary/aromatic N) is 3. The Hall–Kier alpha value is -1.82. The number of hydrogen-bond donors (Lipinski definition) is 1. The monoisotopic (exact) mass is 264 g/mol. The van der Waals surface area contributed by atoms with E-state index in [4.69, 9.17) is 5.73 Å². The van der Waals surface area contributed by atoms with E-state index < -0.39 is 0 Å². The molecule has 2 heterocycles. The molecule has 2 aromatic heterocycles. The molecular weight excluding hydrogens is 248 g/mol. The summed E-state index contributed by atoms with van der Waals surface area (Å²) in [6.07, 6.45) is 2.60. The first-order valence-electron chi connectivity index (χ1n) is 5.70. The number of thiophene rings is 1. The number of amides is 1. The lowest BCUT2D eigenvalue weighted by Crippen LogP contribution is -2.32. The summed E-state index contributed by atoms with van der Waals surface area (Å²) in [6.45, 7) is 0.953. The second-order valence-corrected chi connectivity index (χ2v) is 5.12. The van der Waals surface area contributed by atoms with Crippen molar-refractivity contribution in [3.05, 3.63) is 34.7 Å². The number of carbonyl (C=O) groups is 1. The summed E-state index contributed by atoms with van der Waals surface area (Å²) in [6, 6.07) is 5.78. The van der Waals surface area contributed by atoms with Gasteiger partial charge in [0.15, 0.2) is 0 Å². The van der Waals surface area contributed by atoms with Gasteiger partial charge in [-0.05, 0) is 23.9 Å². The number of nitrogen functional groups attached to an aromatic ring is 1. The molecule has 0 radical (unpaired) electrons. The maximum absolute atomic E-state index is 11.9. The zero-order valence-corrected chi connectivity index (χ0v) is 11.1. The molecule has 0 saturated heterocycles. The molecule has 1 amide bonds. The SMILES string of the molecule is CN(CCc1cccs1)C(=O)Cn1ccc(N)n1. The molecule has 0 fully saturated rings. The normalized spacial score (nSPS) is 10.5. The van der Waals surface area contributed by atoms with E-state index in [0.29, 0.717) is 5.82 Å². The van der Waals surface area contributed by atoms with Gasteiger partial charge in [0.05, 0.1) is 0 Å². The zero-order valence-electron chi connectivity index (χ0n) is 10.2. The Bertz CT molecular complexity index is 506. The smallest absolute Gasteiger partial charge is 0.244 e. The fourth-order valence-electron chi connectivity index (χ4n) is 1.58. The Labute approximate surface area is 110 Å². The first kappa shape index (κ1) is 12.6. The second kappa shape index (κ2) is 5.68. The summed E-state index contributed by atoms with van der Waals surface area (Å²) in [5, 5.41) is 6.04. The van der Waals surface area contributed by atoms with Crippen molar-refractivity contribution in [3.63, 3.8) is 0 Å². The van der Waals surface area contributed by atoms with Crippen LogP contribution in [0.4, 0.5) is 5.82 Å². The van der Waals surface area contributed by atoms with Crippen molar-refractivity contribution in [1.29, 1.82) is 0 Å². The Morgan fingerprint density at radius 1 is 1.56 bits per heavy atom. The third-order valence-electron chi connectivity index (χ3n) is 2.66. The molecule has 0 aliphatic heterocycles. The highest BCUT2D eigenvalue weighted by Crippen LogP contribution is 2.09. The summed E-state index contributed by atoms with van der Waals surface area (Å²) in [5.41, 5.74) is 5.50. The Kier molecular flexibility index (Phi) is 3.99. The molecule has 2 rings (SSSR count). The van der Waals surface area contributed by atoms with Crippen molar-refractivity contribution in [3.8, 4) is 0 Å². The van der Waals surface area contributed by atoms with Gasteiger partial charge in [-0.15, -0.1) is 11.3 Å². The second-order valence-electron chi connectivity index (χ2n) is 4.08. The molecule has 0 bridgehead atoms. The largest absolute Gasteiger partial charge is 0.382 e. The van der Waals surface area contributed by atoms with E-state index in [9.17, 15) is 4.79 Å². The molecule has 0 aliphatic carbocycles. The minimum atomic E-state index is 0.0367. The molecule has 0 unspecified atom stereocenters. The number of anilines is 1. The van der Waals surface area contributed by atoms with Crippen LogP contribution >= 0.6 is 11.3 Å². The van der Waals surface area contributed by atoms with Gasteiger partial charge in [0, 0.05) is 24.7 Å². The van der Waals surface area contributed by atoms with Gasteiger partial charge >= 0.3 is 0 Å². The third-order valence-corrected chi connectivity index (χ3v) is 3.59. The number of hydrogen-bond acceptors (Lipinski definition) is 4. The average molecular weight is 264 g/mol. The van der Waals surface area contributed by atoms with Gasteiger partial charge < -0.3 is 10.6 Å². The fourth-order valence-corrected chi connectivity index (χ4v) is 2.28. The number of carbonyl (C=O) groups excluding carboxylic acids is 1. The van der Waals surface area contributed by atoms with Crippen molar-refractivity contribution in [2.75, 3.05) is 19.3 Å². The topological polar surface area (TPSA) is 64.2 Å². The van der Waals surface area contributed by atoms with Crippen molar-refractivity contribution in [2.24, 2.45) is 0 Å². The van der Waals surface area contributed by atoms with Gasteiger partial charge in [-0.3, -0.25) is 9.48 Å². The first-order chi connectivity index (χ1) is 8.65. The van der Waals surface area contributed by atoms with Crippen LogP contribution in [0.25, 0.3) is 0 Å². The zero-order chi connectivity index (χ0) is 13.0. The minimum Gasteiger partial charge on any atom is -0.382 e. The van der Waals surface area contributed by atoms with Crippen LogP contribution in [-0.2, 0) is 17.8 Å². The lowest BCUT2D eigenvalue weighted by atomic mass is 10.3. The molecule has 0 saturated carbocycles. The quantitative estimate of drug-likeness (QED) is 0.883. The van der Waals surface area contributed by atoms with Crippen LogP contribution in [0.1, 0.15) is 4.88 Å². The van der Waals surface area contributed by atoms with E-state index in [1.807, 2.05) is 18.5 Å². The van der Waals surface area contributed by atoms with Crippen LogP contribution < -0.4 is 5.73 Å². The van der Waals surface area contributed by atoms with Crippen molar-refractivity contribution in [2.45, 2.75) is 13.0 Å². The van der Waals surface area contributed by atoms with Gasteiger partial charge in [-0.25, -0.2) is 0 Å². The fraction of sp³-hybridized carbons (Fsp3) is 0.333. The lowest BCUT2D eigenvalue weighted by Gasteiger charge is -2.16. The third kappa shape index (κ3) is 3.33. The lowest BCUT2D eigenvalue weighted by molar-refractivity contribution is -0.130. The van der Waals surface area contributed by atoms with E-state index >= 15 is 0 Å². The maximum Gasteiger partial charge on any atom is 0.244 e. The van der Waals surface area contributed by atoms with E-state index in [1.165, 1.54) is 4.88 Å². The highest BCUT2D eigenvalue weighted by atomic mass is 32.1. The standard InChI is InChI=1S/C12H16N4OS/c1-15(6-4-10-3-2-8-18-10)12(17)9-16-7-5-11(13)14-16/h2-3,5,7-8H,4,6,9H2,1H3,(H2,13,14). The number of nitrogens with two attached hydrogens (primary N) is 1. The summed E-state index contributed by atoms with van der Waals surface area (Å²) < 4.78 is 1.55. The van der Waals surface area contributed by atoms with Crippen molar-refractivity contribution in [1.82, 2.24) is 14.7 Å². The first-order valence-corrected chi connectivity index (χ1v) is 6.58. The molecule has 0 aromatic carbocycles. The molecule has 0 spiro atoms. The number of rotatable bonds is 5. The van der Waals surface area contributed by atoms with Gasteiger partial charge in [0.1, 0.15) is 12.4 Å². The van der Waals surface area contributed by atoms with Crippen molar-refractivity contribution < 1.29 is 4.79 Å². The Balaban J connectivity index is 1.81. The minimum absolute atomic E-state index is 0.0367. The Morgan fingerprint density at radius 3 is 3.00 bits per heavy atom. The molecule has 6 heteroatoms. The van der Waals surface area contributed by atoms with Gasteiger partial charge in [-0.2, -0.15) is 5.10 Å². The van der Waals surface area contributed by atoms with E-state index in [-0.39, 0.29) is 12.5 Å². The van der Waals surface area contributed by atoms with Gasteiger partial charge in [-0.1, -0.05) is 6.07 Å². The molecule has 5 nitrogen and oxygen atoms in total. The van der Waals surface area contributed by atoms with E-state index in [2.05, 4.69) is 11.2 Å². The van der Waals surface area contributed by atoms with E-state index in [1.54, 1.807) is 33.2 Å². The number of likely N-dealkylation sites (N-methyl/N-ethyl adjacent to an activating group) is 1. The summed E-state index contributed by atoms with van der Waals surface area (Å²) >= 11 is 1.71. The predicted molar refractivity (Wildman–Crippen MR) is 72.3 cm³/mol. The maximum atomic E-state index is 11.9. The van der Waals surface area contributed by atoms with Crippen LogP contribution in [0.2, 0.25) is 0 Å². The van der Waals surface area contributed by atoms with Crippen LogP contribution in [0.15, 0.2) is 29.8 Å². The highest BCUT2D eigenvalue weighted by molar-refractivity contribution is 7.09. The molecule has 0 aliphatic rings. The molecule has 18 heavy (non-hydrogen) atoms. The molecule has 2 N–H and O–H groups in total. The van der Waals surface area contributed by atoms with Gasteiger partial charge in [0.25, 0.3) is 0 Å². The summed E-state index contributed by atoms with van der Waals surface area (Å²) in [7, 11) is 1.81.